The van der Waals surface area contributed by atoms with E-state index in [2.05, 4.69) is 19.2 Å². The molecule has 0 radical (unpaired) electrons. The average molecular weight is 265 g/mol. The lowest BCUT2D eigenvalue weighted by atomic mass is 9.96. The van der Waals surface area contributed by atoms with Crippen molar-refractivity contribution in [3.63, 3.8) is 0 Å². The third kappa shape index (κ3) is 5.01. The highest BCUT2D eigenvalue weighted by Crippen LogP contribution is 2.12. The molecule has 0 spiro atoms. The van der Waals surface area contributed by atoms with Crippen molar-refractivity contribution in [1.29, 1.82) is 0 Å². The molecule has 1 atom stereocenters. The maximum atomic E-state index is 10.8. The van der Waals surface area contributed by atoms with Crippen LogP contribution in [0.15, 0.2) is 24.3 Å². The first-order chi connectivity index (χ1) is 9.08. The quantitative estimate of drug-likeness (QED) is 0.674. The number of carbonyl (C=O) groups is 1. The van der Waals surface area contributed by atoms with Crippen molar-refractivity contribution in [3.05, 3.63) is 35.4 Å². The molecule has 0 fully saturated rings. The largest absolute Gasteiger partial charge is 0.478 e. The molecule has 19 heavy (non-hydrogen) atoms. The molecule has 106 valence electrons. The summed E-state index contributed by atoms with van der Waals surface area (Å²) in [5, 5.41) is 22.0. The number of aliphatic hydroxyl groups excluding tert-OH is 1. The van der Waals surface area contributed by atoms with Crippen molar-refractivity contribution in [2.24, 2.45) is 5.92 Å². The van der Waals surface area contributed by atoms with Crippen molar-refractivity contribution in [3.8, 4) is 0 Å². The highest BCUT2D eigenvalue weighted by atomic mass is 16.4. The number of carboxylic acids is 1. The van der Waals surface area contributed by atoms with Crippen LogP contribution < -0.4 is 5.32 Å². The summed E-state index contributed by atoms with van der Waals surface area (Å²) >= 11 is 0. The molecule has 0 heterocycles. The van der Waals surface area contributed by atoms with Crippen LogP contribution >= 0.6 is 0 Å². The second-order valence-corrected chi connectivity index (χ2v) is 4.78. The Labute approximate surface area is 114 Å². The van der Waals surface area contributed by atoms with Gasteiger partial charge in [0.15, 0.2) is 0 Å². The molecule has 1 aromatic rings. The van der Waals surface area contributed by atoms with Crippen molar-refractivity contribution in [2.45, 2.75) is 39.3 Å². The van der Waals surface area contributed by atoms with E-state index >= 15 is 0 Å². The lowest BCUT2D eigenvalue weighted by Crippen LogP contribution is -2.32. The van der Waals surface area contributed by atoms with E-state index in [0.29, 0.717) is 24.6 Å². The van der Waals surface area contributed by atoms with Crippen LogP contribution in [0.2, 0.25) is 0 Å². The lowest BCUT2D eigenvalue weighted by Gasteiger charge is -2.20. The minimum absolute atomic E-state index is 0.292. The molecular weight excluding hydrogens is 242 g/mol. The van der Waals surface area contributed by atoms with Gasteiger partial charge < -0.3 is 15.5 Å². The Morgan fingerprint density at radius 3 is 2.58 bits per heavy atom. The Balaban J connectivity index is 2.45. The number of hydrogen-bond acceptors (Lipinski definition) is 3. The van der Waals surface area contributed by atoms with Gasteiger partial charge in [0.05, 0.1) is 11.7 Å². The number of nitrogens with one attached hydrogen (secondary N) is 1. The first-order valence-electron chi connectivity index (χ1n) is 6.79. The van der Waals surface area contributed by atoms with Crippen LogP contribution in [0.25, 0.3) is 0 Å². The summed E-state index contributed by atoms with van der Waals surface area (Å²) in [4.78, 5) is 10.8. The van der Waals surface area contributed by atoms with Gasteiger partial charge in [0.25, 0.3) is 0 Å². The highest BCUT2D eigenvalue weighted by Gasteiger charge is 2.14. The number of carboxylic acid groups (broad SMARTS) is 1. The van der Waals surface area contributed by atoms with Crippen LogP contribution in [0.3, 0.4) is 0 Å². The minimum Gasteiger partial charge on any atom is -0.478 e. The highest BCUT2D eigenvalue weighted by molar-refractivity contribution is 5.87. The summed E-state index contributed by atoms with van der Waals surface area (Å²) in [6.45, 7) is 5.25. The zero-order valence-corrected chi connectivity index (χ0v) is 11.6. The molecule has 0 aromatic heterocycles. The van der Waals surface area contributed by atoms with E-state index in [-0.39, 0.29) is 6.10 Å². The van der Waals surface area contributed by atoms with E-state index in [1.54, 1.807) is 18.2 Å². The van der Waals surface area contributed by atoms with Crippen molar-refractivity contribution in [1.82, 2.24) is 5.32 Å². The molecule has 3 N–H and O–H groups in total. The van der Waals surface area contributed by atoms with Gasteiger partial charge in [0.1, 0.15) is 0 Å². The number of rotatable bonds is 8. The summed E-state index contributed by atoms with van der Waals surface area (Å²) in [5.74, 6) is -0.600. The van der Waals surface area contributed by atoms with E-state index in [1.807, 2.05) is 6.07 Å². The molecule has 0 aliphatic rings. The number of aromatic carboxylic acids is 1. The molecule has 1 aromatic carbocycles. The minimum atomic E-state index is -0.918. The fraction of sp³-hybridized carbons (Fsp3) is 0.533. The third-order valence-electron chi connectivity index (χ3n) is 3.45. The maximum absolute atomic E-state index is 10.8. The van der Waals surface area contributed by atoms with Crippen LogP contribution in [0, 0.1) is 5.92 Å². The summed E-state index contributed by atoms with van der Waals surface area (Å²) in [7, 11) is 0. The summed E-state index contributed by atoms with van der Waals surface area (Å²) in [5.41, 5.74) is 1.21. The van der Waals surface area contributed by atoms with Crippen LogP contribution in [0.1, 0.15) is 42.6 Å². The smallest absolute Gasteiger partial charge is 0.335 e. The Bertz CT molecular complexity index is 402. The molecule has 0 saturated carbocycles. The number of hydrogen-bond donors (Lipinski definition) is 3. The molecule has 0 amide bonds. The Morgan fingerprint density at radius 1 is 1.32 bits per heavy atom. The summed E-state index contributed by atoms with van der Waals surface area (Å²) < 4.78 is 0. The summed E-state index contributed by atoms with van der Waals surface area (Å²) in [6.07, 6.45) is 1.58. The van der Waals surface area contributed by atoms with Gasteiger partial charge in [0.2, 0.25) is 0 Å². The lowest BCUT2D eigenvalue weighted by molar-refractivity contribution is 0.0696. The molecule has 1 unspecified atom stereocenters. The Hall–Kier alpha value is -1.39. The van der Waals surface area contributed by atoms with Crippen LogP contribution in [-0.4, -0.2) is 28.8 Å². The van der Waals surface area contributed by atoms with Crippen molar-refractivity contribution in [2.75, 3.05) is 6.54 Å². The maximum Gasteiger partial charge on any atom is 0.335 e. The van der Waals surface area contributed by atoms with Gasteiger partial charge in [0, 0.05) is 13.1 Å². The van der Waals surface area contributed by atoms with E-state index in [1.165, 1.54) is 0 Å². The second kappa shape index (κ2) is 7.92. The predicted molar refractivity (Wildman–Crippen MR) is 75.2 cm³/mol. The zero-order chi connectivity index (χ0) is 14.3. The Morgan fingerprint density at radius 2 is 2.00 bits per heavy atom. The van der Waals surface area contributed by atoms with Gasteiger partial charge in [-0.25, -0.2) is 4.79 Å². The molecule has 0 aliphatic heterocycles. The van der Waals surface area contributed by atoms with Gasteiger partial charge in [-0.2, -0.15) is 0 Å². The molecule has 4 nitrogen and oxygen atoms in total. The molecular formula is C15H23NO3. The van der Waals surface area contributed by atoms with Crippen LogP contribution in [-0.2, 0) is 6.54 Å². The van der Waals surface area contributed by atoms with Gasteiger partial charge in [-0.15, -0.1) is 0 Å². The molecule has 1 rings (SSSR count). The van der Waals surface area contributed by atoms with Gasteiger partial charge >= 0.3 is 5.97 Å². The summed E-state index contributed by atoms with van der Waals surface area (Å²) in [6, 6.07) is 6.84. The van der Waals surface area contributed by atoms with E-state index in [0.717, 1.165) is 18.4 Å². The Kier molecular flexibility index (Phi) is 6.53. The first kappa shape index (κ1) is 15.7. The topological polar surface area (TPSA) is 69.6 Å². The fourth-order valence-corrected chi connectivity index (χ4v) is 2.18. The van der Waals surface area contributed by atoms with Crippen molar-refractivity contribution < 1.29 is 15.0 Å². The number of benzene rings is 1. The zero-order valence-electron chi connectivity index (χ0n) is 11.6. The van der Waals surface area contributed by atoms with Crippen LogP contribution in [0.4, 0.5) is 0 Å². The van der Waals surface area contributed by atoms with Crippen LogP contribution in [0.5, 0.6) is 0 Å². The fourth-order valence-electron chi connectivity index (χ4n) is 2.18. The van der Waals surface area contributed by atoms with Gasteiger partial charge in [-0.3, -0.25) is 0 Å². The molecule has 0 bridgehead atoms. The third-order valence-corrected chi connectivity index (χ3v) is 3.45. The van der Waals surface area contributed by atoms with E-state index < -0.39 is 5.97 Å². The standard InChI is InChI=1S/C15H23NO3/c1-3-12(4-2)14(17)10-16-9-11-6-5-7-13(8-11)15(18)19/h5-8,12,14,16-17H,3-4,9-10H2,1-2H3,(H,18,19). The normalized spacial score (nSPS) is 12.6. The second-order valence-electron chi connectivity index (χ2n) is 4.78. The van der Waals surface area contributed by atoms with Gasteiger partial charge in [-0.05, 0) is 23.6 Å². The first-order valence-corrected chi connectivity index (χ1v) is 6.79. The molecule has 0 saturated heterocycles. The molecule has 4 heteroatoms. The molecule has 0 aliphatic carbocycles. The average Bonchev–Trinajstić information content (AvgIpc) is 2.40. The SMILES string of the molecule is CCC(CC)C(O)CNCc1cccc(C(=O)O)c1. The van der Waals surface area contributed by atoms with E-state index in [4.69, 9.17) is 5.11 Å². The number of aliphatic hydroxyl groups is 1. The monoisotopic (exact) mass is 265 g/mol. The van der Waals surface area contributed by atoms with Gasteiger partial charge in [-0.1, -0.05) is 38.8 Å². The van der Waals surface area contributed by atoms with E-state index in [9.17, 15) is 9.90 Å². The predicted octanol–water partition coefficient (Wildman–Crippen LogP) is 2.27. The van der Waals surface area contributed by atoms with Crippen molar-refractivity contribution >= 4 is 5.97 Å².